The van der Waals surface area contributed by atoms with Crippen molar-refractivity contribution in [3.8, 4) is 0 Å². The van der Waals surface area contributed by atoms with Crippen molar-refractivity contribution in [1.82, 2.24) is 9.78 Å². The summed E-state index contributed by atoms with van der Waals surface area (Å²) in [5, 5.41) is 4.22. The van der Waals surface area contributed by atoms with Gasteiger partial charge in [-0.25, -0.2) is 4.39 Å². The van der Waals surface area contributed by atoms with Crippen molar-refractivity contribution in [3.63, 3.8) is 0 Å². The number of fused-ring (bicyclic) bond motifs is 1. The Labute approximate surface area is 145 Å². The molecular weight excluding hydrogens is 325 g/mol. The van der Waals surface area contributed by atoms with Crippen LogP contribution in [0.1, 0.15) is 18.2 Å². The van der Waals surface area contributed by atoms with Crippen LogP contribution in [0.15, 0.2) is 30.5 Å². The van der Waals surface area contributed by atoms with Gasteiger partial charge in [0, 0.05) is 25.5 Å². The van der Waals surface area contributed by atoms with Gasteiger partial charge in [-0.2, -0.15) is 5.10 Å². The number of carbonyl (C=O) groups is 2. The number of anilines is 1. The van der Waals surface area contributed by atoms with Crippen LogP contribution >= 0.6 is 0 Å². The lowest BCUT2D eigenvalue weighted by atomic mass is 9.92. The summed E-state index contributed by atoms with van der Waals surface area (Å²) in [7, 11) is 1.78. The molecule has 3 rings (SSSR count). The lowest BCUT2D eigenvalue weighted by Gasteiger charge is -2.33. The van der Waals surface area contributed by atoms with E-state index in [-0.39, 0.29) is 37.3 Å². The van der Waals surface area contributed by atoms with Gasteiger partial charge in [0.1, 0.15) is 5.82 Å². The number of carbonyl (C=O) groups excluding carboxylic acids is 2. The molecule has 0 saturated heterocycles. The zero-order valence-corrected chi connectivity index (χ0v) is 14.2. The number of amides is 1. The van der Waals surface area contributed by atoms with E-state index in [1.807, 2.05) is 0 Å². The highest BCUT2D eigenvalue weighted by Crippen LogP contribution is 2.31. The number of hydrogen-bond donors (Lipinski definition) is 0. The van der Waals surface area contributed by atoms with E-state index in [0.717, 1.165) is 0 Å². The Balaban J connectivity index is 1.88. The molecule has 0 aliphatic carbocycles. The Hall–Kier alpha value is -2.70. The summed E-state index contributed by atoms with van der Waals surface area (Å²) < 4.78 is 20.3. The molecule has 2 aromatic rings. The van der Waals surface area contributed by atoms with Gasteiger partial charge in [0.05, 0.1) is 24.6 Å². The zero-order chi connectivity index (χ0) is 18.0. The summed E-state index contributed by atoms with van der Waals surface area (Å²) >= 11 is 0. The lowest BCUT2D eigenvalue weighted by Crippen LogP contribution is -2.44. The molecular formula is C18H20FN3O3. The van der Waals surface area contributed by atoms with Crippen LogP contribution in [0.2, 0.25) is 0 Å². The van der Waals surface area contributed by atoms with E-state index < -0.39 is 5.92 Å². The number of halogens is 1. The van der Waals surface area contributed by atoms with Gasteiger partial charge in [-0.1, -0.05) is 0 Å². The second-order valence-corrected chi connectivity index (χ2v) is 6.09. The molecule has 0 bridgehead atoms. The van der Waals surface area contributed by atoms with Gasteiger partial charge in [0.2, 0.25) is 5.91 Å². The average molecular weight is 345 g/mol. The number of nitrogens with zero attached hydrogens (tertiary/aromatic N) is 3. The van der Waals surface area contributed by atoms with E-state index in [2.05, 4.69) is 5.10 Å². The standard InChI is InChI=1S/C18H20FN3O3/c1-3-25-18(24)13-8-12-9-14(19)4-5-16(12)22(11-13)17(23)10-15-6-7-21(2)20-15/h4-7,9,13H,3,8,10-11H2,1-2H3. The van der Waals surface area contributed by atoms with Crippen LogP contribution in [0.25, 0.3) is 0 Å². The van der Waals surface area contributed by atoms with Crippen molar-refractivity contribution in [2.45, 2.75) is 19.8 Å². The smallest absolute Gasteiger partial charge is 0.311 e. The number of hydrogen-bond acceptors (Lipinski definition) is 4. The predicted molar refractivity (Wildman–Crippen MR) is 89.5 cm³/mol. The van der Waals surface area contributed by atoms with Crippen LogP contribution in [-0.2, 0) is 34.2 Å². The van der Waals surface area contributed by atoms with Gasteiger partial charge >= 0.3 is 5.97 Å². The molecule has 1 aliphatic heterocycles. The Kier molecular flexibility index (Phi) is 4.83. The van der Waals surface area contributed by atoms with Crippen LogP contribution in [0.5, 0.6) is 0 Å². The van der Waals surface area contributed by atoms with Crippen LogP contribution in [0, 0.1) is 11.7 Å². The molecule has 6 nitrogen and oxygen atoms in total. The zero-order valence-electron chi connectivity index (χ0n) is 14.2. The van der Waals surface area contributed by atoms with Crippen molar-refractivity contribution >= 4 is 17.6 Å². The molecule has 132 valence electrons. The highest BCUT2D eigenvalue weighted by Gasteiger charge is 2.33. The van der Waals surface area contributed by atoms with E-state index in [9.17, 15) is 14.0 Å². The molecule has 1 aromatic heterocycles. The van der Waals surface area contributed by atoms with Crippen LogP contribution < -0.4 is 4.90 Å². The van der Waals surface area contributed by atoms with Crippen molar-refractivity contribution in [3.05, 3.63) is 47.5 Å². The number of ether oxygens (including phenoxy) is 1. The largest absolute Gasteiger partial charge is 0.466 e. The molecule has 1 unspecified atom stereocenters. The van der Waals surface area contributed by atoms with Crippen molar-refractivity contribution in [2.75, 3.05) is 18.1 Å². The Morgan fingerprint density at radius 1 is 1.36 bits per heavy atom. The molecule has 0 spiro atoms. The first kappa shape index (κ1) is 17.1. The molecule has 7 heteroatoms. The van der Waals surface area contributed by atoms with Gasteiger partial charge in [-0.3, -0.25) is 14.3 Å². The molecule has 0 radical (unpaired) electrons. The van der Waals surface area contributed by atoms with Crippen LogP contribution in [0.3, 0.4) is 0 Å². The minimum atomic E-state index is -0.498. The SMILES string of the molecule is CCOC(=O)C1Cc2cc(F)ccc2N(C(=O)Cc2ccn(C)n2)C1. The Bertz CT molecular complexity index is 803. The van der Waals surface area contributed by atoms with Crippen molar-refractivity contribution in [1.29, 1.82) is 0 Å². The molecule has 25 heavy (non-hydrogen) atoms. The number of esters is 1. The minimum absolute atomic E-state index is 0.118. The normalized spacial score (nSPS) is 16.4. The van der Waals surface area contributed by atoms with Gasteiger partial charge in [0.15, 0.2) is 0 Å². The van der Waals surface area contributed by atoms with E-state index in [0.29, 0.717) is 23.4 Å². The topological polar surface area (TPSA) is 64.4 Å². The third-order valence-electron chi connectivity index (χ3n) is 4.22. The summed E-state index contributed by atoms with van der Waals surface area (Å²) in [5.74, 6) is -1.43. The second-order valence-electron chi connectivity index (χ2n) is 6.09. The highest BCUT2D eigenvalue weighted by molar-refractivity contribution is 5.96. The number of benzene rings is 1. The van der Waals surface area contributed by atoms with Gasteiger partial charge in [0.25, 0.3) is 0 Å². The summed E-state index contributed by atoms with van der Waals surface area (Å²) in [6.07, 6.45) is 2.25. The quantitative estimate of drug-likeness (QED) is 0.794. The van der Waals surface area contributed by atoms with E-state index >= 15 is 0 Å². The molecule has 0 saturated carbocycles. The highest BCUT2D eigenvalue weighted by atomic mass is 19.1. The predicted octanol–water partition coefficient (Wildman–Crippen LogP) is 1.87. The van der Waals surface area contributed by atoms with Crippen molar-refractivity contribution in [2.24, 2.45) is 13.0 Å². The summed E-state index contributed by atoms with van der Waals surface area (Å²) in [6.45, 7) is 2.23. The first-order valence-corrected chi connectivity index (χ1v) is 8.22. The second kappa shape index (κ2) is 7.04. The maximum atomic E-state index is 13.6. The fraction of sp³-hybridized carbons (Fsp3) is 0.389. The third kappa shape index (κ3) is 3.70. The molecule has 1 amide bonds. The van der Waals surface area contributed by atoms with E-state index in [1.54, 1.807) is 37.0 Å². The Morgan fingerprint density at radius 2 is 2.16 bits per heavy atom. The summed E-state index contributed by atoms with van der Waals surface area (Å²) in [5.41, 5.74) is 1.93. The fourth-order valence-electron chi connectivity index (χ4n) is 3.09. The minimum Gasteiger partial charge on any atom is -0.466 e. The molecule has 2 heterocycles. The van der Waals surface area contributed by atoms with Crippen LogP contribution in [-0.4, -0.2) is 34.8 Å². The van der Waals surface area contributed by atoms with Gasteiger partial charge in [-0.15, -0.1) is 0 Å². The fourth-order valence-corrected chi connectivity index (χ4v) is 3.09. The van der Waals surface area contributed by atoms with Gasteiger partial charge < -0.3 is 9.64 Å². The summed E-state index contributed by atoms with van der Waals surface area (Å²) in [6, 6.07) is 6.06. The molecule has 0 N–H and O–H groups in total. The number of rotatable bonds is 4. The van der Waals surface area contributed by atoms with Crippen LogP contribution in [0.4, 0.5) is 10.1 Å². The van der Waals surface area contributed by atoms with E-state index in [1.165, 1.54) is 17.0 Å². The maximum absolute atomic E-state index is 13.6. The maximum Gasteiger partial charge on any atom is 0.311 e. The van der Waals surface area contributed by atoms with E-state index in [4.69, 9.17) is 4.74 Å². The van der Waals surface area contributed by atoms with Crippen molar-refractivity contribution < 1.29 is 18.7 Å². The molecule has 1 aromatic carbocycles. The van der Waals surface area contributed by atoms with Gasteiger partial charge in [-0.05, 0) is 43.2 Å². The first-order valence-electron chi connectivity index (χ1n) is 8.22. The Morgan fingerprint density at radius 3 is 2.84 bits per heavy atom. The first-order chi connectivity index (χ1) is 12.0. The average Bonchev–Trinajstić information content (AvgIpc) is 2.98. The molecule has 1 atom stereocenters. The number of aromatic nitrogens is 2. The third-order valence-corrected chi connectivity index (χ3v) is 4.22. The summed E-state index contributed by atoms with van der Waals surface area (Å²) in [4.78, 5) is 26.5. The lowest BCUT2D eigenvalue weighted by molar-refractivity contribution is -0.147. The number of aryl methyl sites for hydroxylation is 1. The molecule has 1 aliphatic rings. The molecule has 0 fully saturated rings. The monoisotopic (exact) mass is 345 g/mol.